The van der Waals surface area contributed by atoms with Crippen molar-refractivity contribution in [3.63, 3.8) is 0 Å². The quantitative estimate of drug-likeness (QED) is 0.262. The molecule has 0 spiro atoms. The highest BCUT2D eigenvalue weighted by Gasteiger charge is 2.09. The Bertz CT molecular complexity index is 1250. The second-order valence-electron chi connectivity index (χ2n) is 8.16. The van der Waals surface area contributed by atoms with Gasteiger partial charge in [0.05, 0.1) is 5.52 Å². The first-order chi connectivity index (χ1) is 16.7. The van der Waals surface area contributed by atoms with Gasteiger partial charge in [0.15, 0.2) is 0 Å². The SMILES string of the molecule is CCc1ccc(Oc2ccnc3ccc(S(C)=O)cc23)c(C)c1.CN/C(=C\C(N)=NC=O)C(C)C. The van der Waals surface area contributed by atoms with Crippen LogP contribution in [0.3, 0.4) is 0 Å². The first-order valence-electron chi connectivity index (χ1n) is 11.4. The number of hydrogen-bond acceptors (Lipinski definition) is 5. The molecule has 0 aliphatic rings. The minimum Gasteiger partial charge on any atom is -0.456 e. The van der Waals surface area contributed by atoms with Crippen LogP contribution in [0.4, 0.5) is 0 Å². The summed E-state index contributed by atoms with van der Waals surface area (Å²) in [5.41, 5.74) is 9.58. The fourth-order valence-electron chi connectivity index (χ4n) is 3.32. The largest absolute Gasteiger partial charge is 0.456 e. The molecule has 3 rings (SSSR count). The van der Waals surface area contributed by atoms with Gasteiger partial charge in [-0.05, 0) is 66.8 Å². The molecule has 1 amide bonds. The molecular formula is C27H34N4O3S. The second-order valence-corrected chi connectivity index (χ2v) is 9.54. The smallest absolute Gasteiger partial charge is 0.234 e. The normalized spacial score (nSPS) is 12.7. The predicted molar refractivity (Wildman–Crippen MR) is 144 cm³/mol. The van der Waals surface area contributed by atoms with Gasteiger partial charge in [-0.3, -0.25) is 14.0 Å². The molecule has 186 valence electrons. The molecule has 0 saturated heterocycles. The number of nitrogens with one attached hydrogen (secondary N) is 1. The zero-order valence-electron chi connectivity index (χ0n) is 21.2. The number of aromatic nitrogens is 1. The number of rotatable bonds is 8. The van der Waals surface area contributed by atoms with Crippen LogP contribution in [0, 0.1) is 12.8 Å². The highest BCUT2D eigenvalue weighted by molar-refractivity contribution is 7.84. The van der Waals surface area contributed by atoms with Crippen molar-refractivity contribution < 1.29 is 13.7 Å². The van der Waals surface area contributed by atoms with Gasteiger partial charge >= 0.3 is 0 Å². The molecule has 0 bridgehead atoms. The lowest BCUT2D eigenvalue weighted by atomic mass is 10.1. The Morgan fingerprint density at radius 3 is 2.51 bits per heavy atom. The van der Waals surface area contributed by atoms with Gasteiger partial charge in [-0.25, -0.2) is 0 Å². The van der Waals surface area contributed by atoms with Crippen molar-refractivity contribution in [2.75, 3.05) is 13.3 Å². The summed E-state index contributed by atoms with van der Waals surface area (Å²) in [5, 5.41) is 3.85. The number of amidine groups is 1. The third-order valence-electron chi connectivity index (χ3n) is 5.29. The monoisotopic (exact) mass is 494 g/mol. The lowest BCUT2D eigenvalue weighted by Crippen LogP contribution is -2.17. The lowest BCUT2D eigenvalue weighted by Gasteiger charge is -2.12. The van der Waals surface area contributed by atoms with Crippen LogP contribution in [0.5, 0.6) is 11.5 Å². The Morgan fingerprint density at radius 1 is 1.20 bits per heavy atom. The molecule has 0 saturated carbocycles. The highest BCUT2D eigenvalue weighted by atomic mass is 32.2. The number of carbonyl (C=O) groups is 1. The first kappa shape index (κ1) is 27.7. The summed E-state index contributed by atoms with van der Waals surface area (Å²) in [5.74, 6) is 2.13. The summed E-state index contributed by atoms with van der Waals surface area (Å²) >= 11 is 0. The molecule has 7 nitrogen and oxygen atoms in total. The second kappa shape index (κ2) is 13.4. The lowest BCUT2D eigenvalue weighted by molar-refractivity contribution is -0.106. The molecule has 1 unspecified atom stereocenters. The first-order valence-corrected chi connectivity index (χ1v) is 12.9. The predicted octanol–water partition coefficient (Wildman–Crippen LogP) is 4.89. The van der Waals surface area contributed by atoms with Crippen LogP contribution >= 0.6 is 0 Å². The van der Waals surface area contributed by atoms with Crippen molar-refractivity contribution in [2.24, 2.45) is 16.6 Å². The molecule has 0 aliphatic carbocycles. The Labute approximate surface area is 210 Å². The number of benzene rings is 2. The number of fused-ring (bicyclic) bond motifs is 1. The van der Waals surface area contributed by atoms with Crippen molar-refractivity contribution in [3.05, 3.63) is 71.6 Å². The van der Waals surface area contributed by atoms with E-state index >= 15 is 0 Å². The maximum Gasteiger partial charge on any atom is 0.234 e. The van der Waals surface area contributed by atoms with Gasteiger partial charge in [-0.1, -0.05) is 32.9 Å². The van der Waals surface area contributed by atoms with Gasteiger partial charge in [0.25, 0.3) is 0 Å². The van der Waals surface area contributed by atoms with E-state index in [1.807, 2.05) is 51.1 Å². The number of aryl methyl sites for hydroxylation is 2. The Kier molecular flexibility index (Phi) is 10.6. The molecule has 0 radical (unpaired) electrons. The fourth-order valence-corrected chi connectivity index (χ4v) is 3.86. The Morgan fingerprint density at radius 2 is 1.94 bits per heavy atom. The number of aliphatic imine (C=N–C) groups is 1. The zero-order chi connectivity index (χ0) is 26.0. The summed E-state index contributed by atoms with van der Waals surface area (Å²) < 4.78 is 17.9. The number of amides is 1. The Hall–Kier alpha value is -3.52. The van der Waals surface area contributed by atoms with E-state index < -0.39 is 10.8 Å². The van der Waals surface area contributed by atoms with Gasteiger partial charge < -0.3 is 15.8 Å². The van der Waals surface area contributed by atoms with E-state index in [1.54, 1.807) is 25.6 Å². The standard InChI is InChI=1S/C19H19NO2S.C8H15N3O/c1-4-14-5-8-18(13(2)11-14)22-19-9-10-20-17-7-6-15(23(3)21)12-16(17)19;1-6(2)7(10-3)4-8(9)11-5-12/h5-12H,4H2,1-3H3;4-6,10H,1-3H3,(H2,9,11,12)/b;7-4-. The maximum atomic E-state index is 11.7. The van der Waals surface area contributed by atoms with E-state index in [1.165, 1.54) is 5.56 Å². The topological polar surface area (TPSA) is 107 Å². The van der Waals surface area contributed by atoms with Crippen LogP contribution in [0.15, 0.2) is 70.3 Å². The number of nitrogens with zero attached hydrogens (tertiary/aromatic N) is 2. The maximum absolute atomic E-state index is 11.7. The van der Waals surface area contributed by atoms with Crippen LogP contribution in [0.1, 0.15) is 31.9 Å². The molecule has 0 aliphatic heterocycles. The zero-order valence-corrected chi connectivity index (χ0v) is 22.0. The molecule has 2 aromatic carbocycles. The molecule has 8 heteroatoms. The number of nitrogens with two attached hydrogens (primary N) is 1. The third kappa shape index (κ3) is 8.03. The van der Waals surface area contributed by atoms with Gasteiger partial charge in [-0.15, -0.1) is 0 Å². The molecule has 3 aromatic rings. The van der Waals surface area contributed by atoms with E-state index in [0.717, 1.165) is 45.0 Å². The molecule has 3 N–H and O–H groups in total. The molecule has 35 heavy (non-hydrogen) atoms. The molecule has 1 aromatic heterocycles. The number of pyridine rings is 1. The van der Waals surface area contributed by atoms with Gasteiger partial charge in [0, 0.05) is 46.3 Å². The number of allylic oxidation sites excluding steroid dienone is 1. The van der Waals surface area contributed by atoms with Gasteiger partial charge in [-0.2, -0.15) is 4.99 Å². The molecular weight excluding hydrogens is 460 g/mol. The molecule has 1 heterocycles. The summed E-state index contributed by atoms with van der Waals surface area (Å²) in [6.45, 7) is 8.23. The summed E-state index contributed by atoms with van der Waals surface area (Å²) in [6, 6.07) is 13.7. The van der Waals surface area contributed by atoms with Gasteiger partial charge in [0.2, 0.25) is 6.41 Å². The minimum atomic E-state index is -1.03. The van der Waals surface area contributed by atoms with Crippen molar-refractivity contribution in [2.45, 2.75) is 39.0 Å². The number of ether oxygens (including phenoxy) is 1. The molecule has 1 atom stereocenters. The van der Waals surface area contributed by atoms with E-state index in [-0.39, 0.29) is 5.84 Å². The summed E-state index contributed by atoms with van der Waals surface area (Å²) in [7, 11) is 0.774. The van der Waals surface area contributed by atoms with Crippen LogP contribution in [0.2, 0.25) is 0 Å². The molecule has 0 fully saturated rings. The van der Waals surface area contributed by atoms with Crippen LogP contribution in [0.25, 0.3) is 10.9 Å². The summed E-state index contributed by atoms with van der Waals surface area (Å²) in [4.78, 5) is 18.5. The minimum absolute atomic E-state index is 0.225. The van der Waals surface area contributed by atoms with Crippen molar-refractivity contribution in [1.29, 1.82) is 0 Å². The van der Waals surface area contributed by atoms with Crippen LogP contribution in [-0.4, -0.2) is 34.7 Å². The summed E-state index contributed by atoms with van der Waals surface area (Å²) in [6.07, 6.45) is 6.49. The van der Waals surface area contributed by atoms with Crippen molar-refractivity contribution in [1.82, 2.24) is 10.3 Å². The average molecular weight is 495 g/mol. The highest BCUT2D eigenvalue weighted by Crippen LogP contribution is 2.32. The number of hydrogen-bond donors (Lipinski definition) is 2. The van der Waals surface area contributed by atoms with E-state index in [2.05, 4.69) is 34.3 Å². The van der Waals surface area contributed by atoms with Crippen molar-refractivity contribution >= 4 is 33.9 Å². The van der Waals surface area contributed by atoms with Crippen molar-refractivity contribution in [3.8, 4) is 11.5 Å². The average Bonchev–Trinajstić information content (AvgIpc) is 2.84. The van der Waals surface area contributed by atoms with E-state index in [9.17, 15) is 9.00 Å². The number of carbonyl (C=O) groups excluding carboxylic acids is 1. The van der Waals surface area contributed by atoms with E-state index in [0.29, 0.717) is 12.3 Å². The van der Waals surface area contributed by atoms with E-state index in [4.69, 9.17) is 10.5 Å². The fraction of sp³-hybridized carbons (Fsp3) is 0.296. The Balaban J connectivity index is 0.000000307. The van der Waals surface area contributed by atoms with Crippen LogP contribution < -0.4 is 15.8 Å². The van der Waals surface area contributed by atoms with Crippen LogP contribution in [-0.2, 0) is 22.0 Å². The third-order valence-corrected chi connectivity index (χ3v) is 6.21. The van der Waals surface area contributed by atoms with Gasteiger partial charge in [0.1, 0.15) is 17.3 Å².